The highest BCUT2D eigenvalue weighted by atomic mass is 32.2. The molecule has 114 valence electrons. The van der Waals surface area contributed by atoms with E-state index in [1.807, 2.05) is 0 Å². The second kappa shape index (κ2) is 5.82. The van der Waals surface area contributed by atoms with E-state index < -0.39 is 15.8 Å². The van der Waals surface area contributed by atoms with E-state index in [9.17, 15) is 12.8 Å². The predicted octanol–water partition coefficient (Wildman–Crippen LogP) is 1.35. The third-order valence-electron chi connectivity index (χ3n) is 3.09. The molecule has 1 aromatic carbocycles. The summed E-state index contributed by atoms with van der Waals surface area (Å²) in [6, 6.07) is 5.84. The lowest BCUT2D eigenvalue weighted by Crippen LogP contribution is -2.32. The second-order valence-electron chi connectivity index (χ2n) is 4.61. The van der Waals surface area contributed by atoms with Crippen molar-refractivity contribution in [3.63, 3.8) is 0 Å². The van der Waals surface area contributed by atoms with Crippen molar-refractivity contribution in [2.24, 2.45) is 7.05 Å². The number of hydrogen-bond donors (Lipinski definition) is 1. The summed E-state index contributed by atoms with van der Waals surface area (Å²) in [5.74, 6) is -0.448. The Kier molecular flexibility index (Phi) is 4.29. The molecule has 0 radical (unpaired) electrons. The lowest BCUT2D eigenvalue weighted by molar-refractivity contribution is 0.418. The van der Waals surface area contributed by atoms with Crippen molar-refractivity contribution >= 4 is 15.8 Å². The summed E-state index contributed by atoms with van der Waals surface area (Å²) in [6.45, 7) is 2.02. The number of hydrogen-bond acceptors (Lipinski definition) is 4. The van der Waals surface area contributed by atoms with Crippen LogP contribution < -0.4 is 5.73 Å². The molecule has 2 N–H and O–H groups in total. The Morgan fingerprint density at radius 1 is 1.43 bits per heavy atom. The fourth-order valence-electron chi connectivity index (χ4n) is 2.08. The standard InChI is InChI=1S/C13H17FN4O2S/c1-3-18(8-10-5-4-6-11(14)7-10)21(19,20)13-12(15)16-9-17(13)2/h4-7,9H,3,8,15H2,1-2H3. The number of benzene rings is 1. The molecule has 1 heterocycles. The van der Waals surface area contributed by atoms with Crippen LogP contribution >= 0.6 is 0 Å². The summed E-state index contributed by atoms with van der Waals surface area (Å²) >= 11 is 0. The van der Waals surface area contributed by atoms with Gasteiger partial charge in [-0.25, -0.2) is 17.8 Å². The third kappa shape index (κ3) is 3.06. The van der Waals surface area contributed by atoms with Gasteiger partial charge >= 0.3 is 0 Å². The molecule has 0 saturated heterocycles. The van der Waals surface area contributed by atoms with Crippen LogP contribution in [0.15, 0.2) is 35.6 Å². The van der Waals surface area contributed by atoms with E-state index in [0.717, 1.165) is 0 Å². The molecule has 0 bridgehead atoms. The van der Waals surface area contributed by atoms with Crippen LogP contribution in [0.5, 0.6) is 0 Å². The number of rotatable bonds is 5. The number of sulfonamides is 1. The van der Waals surface area contributed by atoms with Crippen molar-refractivity contribution in [2.45, 2.75) is 18.5 Å². The van der Waals surface area contributed by atoms with E-state index in [-0.39, 0.29) is 23.9 Å². The van der Waals surface area contributed by atoms with Crippen molar-refractivity contribution in [3.8, 4) is 0 Å². The van der Waals surface area contributed by atoms with Crippen molar-refractivity contribution < 1.29 is 12.8 Å². The maximum Gasteiger partial charge on any atom is 0.262 e. The van der Waals surface area contributed by atoms with Crippen LogP contribution in [0.2, 0.25) is 0 Å². The largest absolute Gasteiger partial charge is 0.381 e. The minimum atomic E-state index is -3.79. The summed E-state index contributed by atoms with van der Waals surface area (Å²) in [6.07, 6.45) is 1.35. The topological polar surface area (TPSA) is 81.2 Å². The molecule has 1 aromatic heterocycles. The number of imidazole rings is 1. The first-order chi connectivity index (χ1) is 9.86. The quantitative estimate of drug-likeness (QED) is 0.903. The molecule has 0 amide bonds. The minimum absolute atomic E-state index is 0.0461. The van der Waals surface area contributed by atoms with E-state index >= 15 is 0 Å². The van der Waals surface area contributed by atoms with E-state index in [2.05, 4.69) is 4.98 Å². The molecule has 2 aromatic rings. The van der Waals surface area contributed by atoms with Crippen LogP contribution in [0.3, 0.4) is 0 Å². The Morgan fingerprint density at radius 2 is 2.14 bits per heavy atom. The minimum Gasteiger partial charge on any atom is -0.381 e. The van der Waals surface area contributed by atoms with Gasteiger partial charge in [0.1, 0.15) is 5.82 Å². The van der Waals surface area contributed by atoms with Crippen LogP contribution in [-0.4, -0.2) is 28.8 Å². The monoisotopic (exact) mass is 312 g/mol. The lowest BCUT2D eigenvalue weighted by atomic mass is 10.2. The average molecular weight is 312 g/mol. The molecule has 2 rings (SSSR count). The highest BCUT2D eigenvalue weighted by Gasteiger charge is 2.29. The van der Waals surface area contributed by atoms with Gasteiger partial charge in [0.25, 0.3) is 10.0 Å². The van der Waals surface area contributed by atoms with Gasteiger partial charge in [-0.05, 0) is 17.7 Å². The molecular formula is C13H17FN4O2S. The number of nitrogen functional groups attached to an aromatic ring is 1. The molecule has 0 saturated carbocycles. The highest BCUT2D eigenvalue weighted by Crippen LogP contribution is 2.22. The SMILES string of the molecule is CCN(Cc1cccc(F)c1)S(=O)(=O)c1c(N)ncn1C. The van der Waals surface area contributed by atoms with E-state index in [1.165, 1.54) is 27.3 Å². The Balaban J connectivity index is 2.37. The van der Waals surface area contributed by atoms with Crippen LogP contribution in [0, 0.1) is 5.82 Å². The van der Waals surface area contributed by atoms with Gasteiger partial charge in [0.05, 0.1) is 6.33 Å². The number of anilines is 1. The lowest BCUT2D eigenvalue weighted by Gasteiger charge is -2.21. The van der Waals surface area contributed by atoms with Gasteiger partial charge in [-0.2, -0.15) is 4.31 Å². The fraction of sp³-hybridized carbons (Fsp3) is 0.308. The first-order valence-corrected chi connectivity index (χ1v) is 7.81. The first-order valence-electron chi connectivity index (χ1n) is 6.37. The smallest absolute Gasteiger partial charge is 0.262 e. The number of nitrogens with two attached hydrogens (primary N) is 1. The summed E-state index contributed by atoms with van der Waals surface area (Å²) in [5.41, 5.74) is 6.21. The molecule has 0 atom stereocenters. The fourth-order valence-corrected chi connectivity index (χ4v) is 3.71. The summed E-state index contributed by atoms with van der Waals surface area (Å²) < 4.78 is 41.1. The molecular weight excluding hydrogens is 295 g/mol. The molecule has 0 spiro atoms. The number of aryl methyl sites for hydroxylation is 1. The first kappa shape index (κ1) is 15.5. The van der Waals surface area contributed by atoms with Gasteiger partial charge in [0, 0.05) is 20.1 Å². The number of halogens is 1. The highest BCUT2D eigenvalue weighted by molar-refractivity contribution is 7.89. The van der Waals surface area contributed by atoms with Gasteiger partial charge in [-0.1, -0.05) is 19.1 Å². The Morgan fingerprint density at radius 3 is 2.67 bits per heavy atom. The zero-order valence-corrected chi connectivity index (χ0v) is 12.6. The normalized spacial score (nSPS) is 12.0. The third-order valence-corrected chi connectivity index (χ3v) is 5.15. The number of nitrogens with zero attached hydrogens (tertiary/aromatic N) is 3. The maximum absolute atomic E-state index is 13.2. The van der Waals surface area contributed by atoms with Crippen molar-refractivity contribution in [2.75, 3.05) is 12.3 Å². The summed E-state index contributed by atoms with van der Waals surface area (Å²) in [4.78, 5) is 3.80. The molecule has 0 aliphatic carbocycles. The maximum atomic E-state index is 13.2. The summed E-state index contributed by atoms with van der Waals surface area (Å²) in [5, 5.41) is -0.0549. The average Bonchev–Trinajstić information content (AvgIpc) is 2.76. The molecule has 6 nitrogen and oxygen atoms in total. The molecule has 0 fully saturated rings. The second-order valence-corrected chi connectivity index (χ2v) is 6.46. The van der Waals surface area contributed by atoms with Gasteiger partial charge in [-0.3, -0.25) is 0 Å². The van der Waals surface area contributed by atoms with E-state index in [4.69, 9.17) is 5.73 Å². The Bertz CT molecular complexity index is 723. The zero-order chi connectivity index (χ0) is 15.6. The number of aromatic nitrogens is 2. The van der Waals surface area contributed by atoms with Crippen molar-refractivity contribution in [1.29, 1.82) is 0 Å². The predicted molar refractivity (Wildman–Crippen MR) is 77.3 cm³/mol. The Hall–Kier alpha value is -1.93. The van der Waals surface area contributed by atoms with Gasteiger partial charge in [-0.15, -0.1) is 0 Å². The van der Waals surface area contributed by atoms with Gasteiger partial charge in [0.2, 0.25) is 0 Å². The van der Waals surface area contributed by atoms with E-state index in [0.29, 0.717) is 5.56 Å². The van der Waals surface area contributed by atoms with Crippen LogP contribution in [0.25, 0.3) is 0 Å². The molecule has 21 heavy (non-hydrogen) atoms. The Labute approximate surface area is 123 Å². The molecule has 8 heteroatoms. The zero-order valence-electron chi connectivity index (χ0n) is 11.8. The van der Waals surface area contributed by atoms with Crippen LogP contribution in [0.1, 0.15) is 12.5 Å². The molecule has 0 aliphatic rings. The van der Waals surface area contributed by atoms with Crippen LogP contribution in [0.4, 0.5) is 10.2 Å². The van der Waals surface area contributed by atoms with Gasteiger partial charge in [0.15, 0.2) is 10.8 Å². The van der Waals surface area contributed by atoms with E-state index in [1.54, 1.807) is 26.1 Å². The van der Waals surface area contributed by atoms with Crippen LogP contribution in [-0.2, 0) is 23.6 Å². The molecule has 0 unspecified atom stereocenters. The van der Waals surface area contributed by atoms with Crippen molar-refractivity contribution in [3.05, 3.63) is 42.0 Å². The van der Waals surface area contributed by atoms with Gasteiger partial charge < -0.3 is 10.3 Å². The van der Waals surface area contributed by atoms with Crippen molar-refractivity contribution in [1.82, 2.24) is 13.9 Å². The molecule has 0 aliphatic heterocycles. The summed E-state index contributed by atoms with van der Waals surface area (Å²) in [7, 11) is -2.23.